The molecule has 0 saturated carbocycles. The summed E-state index contributed by atoms with van der Waals surface area (Å²) in [6, 6.07) is 4.86. The highest BCUT2D eigenvalue weighted by atomic mass is 19.1. The van der Waals surface area contributed by atoms with Crippen molar-refractivity contribution in [2.45, 2.75) is 52.5 Å². The Labute approximate surface area is 126 Å². The molecule has 0 radical (unpaired) electrons. The Hall–Kier alpha value is -1.42. The van der Waals surface area contributed by atoms with Gasteiger partial charge in [0.15, 0.2) is 0 Å². The lowest BCUT2D eigenvalue weighted by atomic mass is 9.96. The molecule has 1 heterocycles. The largest absolute Gasteiger partial charge is 0.330 e. The number of hydrogen-bond acceptors (Lipinski definition) is 2. The van der Waals surface area contributed by atoms with Gasteiger partial charge in [0, 0.05) is 13.0 Å². The van der Waals surface area contributed by atoms with Crippen LogP contribution in [0, 0.1) is 11.7 Å². The van der Waals surface area contributed by atoms with Crippen LogP contribution in [-0.4, -0.2) is 16.1 Å². The highest BCUT2D eigenvalue weighted by molar-refractivity contribution is 5.76. The quantitative estimate of drug-likeness (QED) is 0.801. The monoisotopic (exact) mass is 291 g/mol. The number of aromatic nitrogens is 2. The van der Waals surface area contributed by atoms with Gasteiger partial charge in [0.05, 0.1) is 11.0 Å². The van der Waals surface area contributed by atoms with Crippen LogP contribution in [0.3, 0.4) is 0 Å². The minimum absolute atomic E-state index is 0.194. The van der Waals surface area contributed by atoms with E-state index in [0.717, 1.165) is 62.1 Å². The summed E-state index contributed by atoms with van der Waals surface area (Å²) in [5.41, 5.74) is 7.48. The maximum atomic E-state index is 13.5. The Morgan fingerprint density at radius 3 is 2.76 bits per heavy atom. The lowest BCUT2D eigenvalue weighted by molar-refractivity contribution is 0.435. The summed E-state index contributed by atoms with van der Waals surface area (Å²) in [6.45, 7) is 5.99. The summed E-state index contributed by atoms with van der Waals surface area (Å²) in [6.07, 6.45) is 5.28. The van der Waals surface area contributed by atoms with Gasteiger partial charge < -0.3 is 10.3 Å². The van der Waals surface area contributed by atoms with E-state index in [1.54, 1.807) is 12.1 Å². The van der Waals surface area contributed by atoms with Crippen LogP contribution in [0.25, 0.3) is 11.0 Å². The molecule has 0 saturated heterocycles. The molecule has 1 aromatic heterocycles. The van der Waals surface area contributed by atoms with E-state index in [-0.39, 0.29) is 5.82 Å². The number of aryl methyl sites for hydroxylation is 2. The van der Waals surface area contributed by atoms with E-state index in [2.05, 4.69) is 18.4 Å². The Morgan fingerprint density at radius 1 is 1.29 bits per heavy atom. The van der Waals surface area contributed by atoms with Crippen molar-refractivity contribution in [2.24, 2.45) is 11.7 Å². The van der Waals surface area contributed by atoms with Crippen molar-refractivity contribution in [3.63, 3.8) is 0 Å². The van der Waals surface area contributed by atoms with E-state index >= 15 is 0 Å². The molecule has 0 bridgehead atoms. The molecule has 0 fully saturated rings. The van der Waals surface area contributed by atoms with Gasteiger partial charge >= 0.3 is 0 Å². The molecule has 2 aromatic rings. The zero-order valence-electron chi connectivity index (χ0n) is 13.1. The van der Waals surface area contributed by atoms with Crippen LogP contribution in [0.2, 0.25) is 0 Å². The number of hydrogen-bond donors (Lipinski definition) is 1. The standard InChI is InChI=1S/C17H26FN3/c1-3-11-21-16-12-14(18)6-7-15(16)20-17(21)8-5-13(4-2)9-10-19/h6-7,12-13H,3-5,8-11,19H2,1-2H3. The van der Waals surface area contributed by atoms with Crippen LogP contribution < -0.4 is 5.73 Å². The minimum atomic E-state index is -0.194. The average Bonchev–Trinajstić information content (AvgIpc) is 2.81. The Morgan fingerprint density at radius 2 is 2.10 bits per heavy atom. The normalized spacial score (nSPS) is 13.0. The van der Waals surface area contributed by atoms with Crippen molar-refractivity contribution in [3.8, 4) is 0 Å². The number of nitrogens with zero attached hydrogens (tertiary/aromatic N) is 2. The lowest BCUT2D eigenvalue weighted by Crippen LogP contribution is -2.11. The molecule has 2 rings (SSSR count). The van der Waals surface area contributed by atoms with Crippen molar-refractivity contribution in [2.75, 3.05) is 6.54 Å². The molecule has 2 N–H and O–H groups in total. The van der Waals surface area contributed by atoms with Gasteiger partial charge in [0.25, 0.3) is 0 Å². The molecule has 21 heavy (non-hydrogen) atoms. The van der Waals surface area contributed by atoms with Gasteiger partial charge in [0.1, 0.15) is 11.6 Å². The fraction of sp³-hybridized carbons (Fsp3) is 0.588. The minimum Gasteiger partial charge on any atom is -0.330 e. The van der Waals surface area contributed by atoms with Crippen LogP contribution >= 0.6 is 0 Å². The predicted octanol–water partition coefficient (Wildman–Crippen LogP) is 3.89. The number of nitrogens with two attached hydrogens (primary N) is 1. The summed E-state index contributed by atoms with van der Waals surface area (Å²) < 4.78 is 15.7. The van der Waals surface area contributed by atoms with Crippen molar-refractivity contribution in [1.29, 1.82) is 0 Å². The van der Waals surface area contributed by atoms with E-state index in [0.29, 0.717) is 5.92 Å². The number of imidazole rings is 1. The van der Waals surface area contributed by atoms with E-state index in [9.17, 15) is 4.39 Å². The molecule has 1 atom stereocenters. The van der Waals surface area contributed by atoms with Gasteiger partial charge in [-0.05, 0) is 49.9 Å². The van der Waals surface area contributed by atoms with Crippen LogP contribution in [0.15, 0.2) is 18.2 Å². The van der Waals surface area contributed by atoms with Crippen molar-refractivity contribution in [3.05, 3.63) is 29.8 Å². The molecule has 116 valence electrons. The van der Waals surface area contributed by atoms with Gasteiger partial charge in [-0.1, -0.05) is 20.3 Å². The predicted molar refractivity (Wildman–Crippen MR) is 85.8 cm³/mol. The molecule has 1 unspecified atom stereocenters. The van der Waals surface area contributed by atoms with E-state index < -0.39 is 0 Å². The molecule has 0 aliphatic heterocycles. The first-order valence-corrected chi connectivity index (χ1v) is 8.04. The number of fused-ring (bicyclic) bond motifs is 1. The fourth-order valence-corrected chi connectivity index (χ4v) is 2.93. The van der Waals surface area contributed by atoms with Crippen LogP contribution in [0.1, 0.15) is 45.4 Å². The van der Waals surface area contributed by atoms with E-state index in [4.69, 9.17) is 10.7 Å². The number of benzene rings is 1. The molecule has 1 aromatic carbocycles. The maximum absolute atomic E-state index is 13.5. The molecule has 0 amide bonds. The third kappa shape index (κ3) is 3.82. The van der Waals surface area contributed by atoms with Gasteiger partial charge in [-0.2, -0.15) is 0 Å². The van der Waals surface area contributed by atoms with E-state index in [1.165, 1.54) is 6.07 Å². The SMILES string of the molecule is CCCn1c(CCC(CC)CCN)nc2ccc(F)cc21. The first kappa shape index (κ1) is 16.0. The van der Waals surface area contributed by atoms with Crippen LogP contribution in [-0.2, 0) is 13.0 Å². The molecule has 3 nitrogen and oxygen atoms in total. The van der Waals surface area contributed by atoms with E-state index in [1.807, 2.05) is 0 Å². The summed E-state index contributed by atoms with van der Waals surface area (Å²) >= 11 is 0. The third-order valence-corrected chi connectivity index (χ3v) is 4.17. The second-order valence-corrected chi connectivity index (χ2v) is 5.70. The fourth-order valence-electron chi connectivity index (χ4n) is 2.93. The Bertz CT molecular complexity index is 577. The van der Waals surface area contributed by atoms with Gasteiger partial charge in [-0.15, -0.1) is 0 Å². The summed E-state index contributed by atoms with van der Waals surface area (Å²) in [5.74, 6) is 1.54. The van der Waals surface area contributed by atoms with Crippen LogP contribution in [0.4, 0.5) is 4.39 Å². The first-order valence-electron chi connectivity index (χ1n) is 8.04. The summed E-state index contributed by atoms with van der Waals surface area (Å²) in [5, 5.41) is 0. The molecule has 0 aliphatic rings. The molecule has 0 spiro atoms. The Balaban J connectivity index is 2.23. The molecular weight excluding hydrogens is 265 g/mol. The third-order valence-electron chi connectivity index (χ3n) is 4.17. The van der Waals surface area contributed by atoms with Crippen LogP contribution in [0.5, 0.6) is 0 Å². The summed E-state index contributed by atoms with van der Waals surface area (Å²) in [4.78, 5) is 4.70. The second-order valence-electron chi connectivity index (χ2n) is 5.70. The zero-order chi connectivity index (χ0) is 15.2. The molecule has 4 heteroatoms. The molecule has 0 aliphatic carbocycles. The van der Waals surface area contributed by atoms with Crippen molar-refractivity contribution >= 4 is 11.0 Å². The Kier molecular flexibility index (Phi) is 5.74. The maximum Gasteiger partial charge on any atom is 0.125 e. The highest BCUT2D eigenvalue weighted by Crippen LogP contribution is 2.21. The first-order chi connectivity index (χ1) is 10.2. The number of halogens is 1. The second kappa shape index (κ2) is 7.55. The van der Waals surface area contributed by atoms with Crippen molar-refractivity contribution in [1.82, 2.24) is 9.55 Å². The van der Waals surface area contributed by atoms with Gasteiger partial charge in [0.2, 0.25) is 0 Å². The zero-order valence-corrected chi connectivity index (χ0v) is 13.1. The van der Waals surface area contributed by atoms with Gasteiger partial charge in [-0.3, -0.25) is 0 Å². The molecular formula is C17H26FN3. The topological polar surface area (TPSA) is 43.8 Å². The summed E-state index contributed by atoms with van der Waals surface area (Å²) in [7, 11) is 0. The highest BCUT2D eigenvalue weighted by Gasteiger charge is 2.13. The van der Waals surface area contributed by atoms with Gasteiger partial charge in [-0.25, -0.2) is 9.37 Å². The average molecular weight is 291 g/mol. The smallest absolute Gasteiger partial charge is 0.125 e. The number of rotatable bonds is 8. The van der Waals surface area contributed by atoms with Crippen molar-refractivity contribution < 1.29 is 4.39 Å². The lowest BCUT2D eigenvalue weighted by Gasteiger charge is -2.14.